The Morgan fingerprint density at radius 2 is 2.06 bits per heavy atom. The average Bonchev–Trinajstić information content (AvgIpc) is 2.27. The minimum atomic E-state index is -1.52. The van der Waals surface area contributed by atoms with E-state index in [1.807, 2.05) is 0 Å². The summed E-state index contributed by atoms with van der Waals surface area (Å²) in [7, 11) is 2.52. The monoisotopic (exact) mass is 227 g/mol. The van der Waals surface area contributed by atoms with E-state index in [0.717, 1.165) is 6.20 Å². The molecular weight excluding hydrogens is 218 g/mol. The predicted molar refractivity (Wildman–Crippen MR) is 50.8 cm³/mol. The molecule has 0 spiro atoms. The third-order valence-corrected chi connectivity index (χ3v) is 1.64. The van der Waals surface area contributed by atoms with Crippen molar-refractivity contribution in [3.05, 3.63) is 17.8 Å². The minimum Gasteiger partial charge on any atom is -0.491 e. The van der Waals surface area contributed by atoms with Crippen LogP contribution in [0.25, 0.3) is 0 Å². The summed E-state index contributed by atoms with van der Waals surface area (Å²) < 4.78 is 13.6. The number of carbonyl (C=O) groups is 2. The SMILES string of the molecule is COC(=O)c1cnc(OC(=O)O)c(OC)c1. The topological polar surface area (TPSA) is 95.0 Å². The molecule has 86 valence electrons. The van der Waals surface area contributed by atoms with Gasteiger partial charge in [0.15, 0.2) is 5.75 Å². The fourth-order valence-corrected chi connectivity index (χ4v) is 0.967. The zero-order valence-electron chi connectivity index (χ0n) is 8.59. The average molecular weight is 227 g/mol. The molecule has 0 radical (unpaired) electrons. The molecule has 0 aromatic carbocycles. The predicted octanol–water partition coefficient (Wildman–Crippen LogP) is 0.934. The van der Waals surface area contributed by atoms with Gasteiger partial charge >= 0.3 is 12.1 Å². The van der Waals surface area contributed by atoms with Crippen molar-refractivity contribution in [2.75, 3.05) is 14.2 Å². The van der Waals surface area contributed by atoms with Crippen molar-refractivity contribution < 1.29 is 28.9 Å². The number of hydrogen-bond donors (Lipinski definition) is 1. The third kappa shape index (κ3) is 2.59. The molecular formula is C9H9NO6. The van der Waals surface area contributed by atoms with Crippen LogP contribution in [-0.2, 0) is 4.74 Å². The molecule has 16 heavy (non-hydrogen) atoms. The van der Waals surface area contributed by atoms with Crippen LogP contribution in [0.4, 0.5) is 4.79 Å². The number of aromatic nitrogens is 1. The van der Waals surface area contributed by atoms with Gasteiger partial charge in [0, 0.05) is 12.3 Å². The summed E-state index contributed by atoms with van der Waals surface area (Å²) in [6.07, 6.45) is -0.385. The normalized spacial score (nSPS) is 9.38. The number of carbonyl (C=O) groups excluding carboxylic acids is 1. The van der Waals surface area contributed by atoms with Crippen molar-refractivity contribution >= 4 is 12.1 Å². The van der Waals surface area contributed by atoms with Gasteiger partial charge in [-0.25, -0.2) is 14.6 Å². The summed E-state index contributed by atoms with van der Waals surface area (Å²) in [5.41, 5.74) is 0.136. The van der Waals surface area contributed by atoms with Gasteiger partial charge in [-0.3, -0.25) is 0 Å². The molecule has 1 heterocycles. The molecule has 0 saturated heterocycles. The van der Waals surface area contributed by atoms with Gasteiger partial charge in [-0.05, 0) is 0 Å². The summed E-state index contributed by atoms with van der Waals surface area (Å²) in [5.74, 6) is -0.805. The first-order valence-corrected chi connectivity index (χ1v) is 4.11. The number of nitrogens with zero attached hydrogens (tertiary/aromatic N) is 1. The highest BCUT2D eigenvalue weighted by atomic mass is 16.7. The molecule has 1 aromatic heterocycles. The van der Waals surface area contributed by atoms with E-state index in [0.29, 0.717) is 0 Å². The number of pyridine rings is 1. The van der Waals surface area contributed by atoms with Gasteiger partial charge < -0.3 is 19.3 Å². The van der Waals surface area contributed by atoms with Crippen LogP contribution >= 0.6 is 0 Å². The highest BCUT2D eigenvalue weighted by Crippen LogP contribution is 2.25. The largest absolute Gasteiger partial charge is 0.512 e. The number of rotatable bonds is 3. The number of hydrogen-bond acceptors (Lipinski definition) is 6. The Hall–Kier alpha value is -2.31. The highest BCUT2D eigenvalue weighted by molar-refractivity contribution is 5.89. The van der Waals surface area contributed by atoms with E-state index in [-0.39, 0.29) is 17.2 Å². The second-order valence-electron chi connectivity index (χ2n) is 2.59. The highest BCUT2D eigenvalue weighted by Gasteiger charge is 2.14. The Morgan fingerprint density at radius 1 is 1.38 bits per heavy atom. The maximum atomic E-state index is 11.1. The van der Waals surface area contributed by atoms with Gasteiger partial charge in [0.2, 0.25) is 0 Å². The molecule has 0 unspecified atom stereocenters. The van der Waals surface area contributed by atoms with E-state index < -0.39 is 12.1 Å². The van der Waals surface area contributed by atoms with Gasteiger partial charge in [-0.1, -0.05) is 0 Å². The van der Waals surface area contributed by atoms with Crippen LogP contribution in [0.1, 0.15) is 10.4 Å². The fourth-order valence-electron chi connectivity index (χ4n) is 0.967. The first-order chi connectivity index (χ1) is 7.58. The van der Waals surface area contributed by atoms with Gasteiger partial charge in [0.05, 0.1) is 19.8 Å². The Kier molecular flexibility index (Phi) is 3.65. The van der Waals surface area contributed by atoms with Crippen molar-refractivity contribution in [3.63, 3.8) is 0 Å². The molecule has 1 rings (SSSR count). The van der Waals surface area contributed by atoms with Crippen molar-refractivity contribution in [1.82, 2.24) is 4.98 Å². The number of ether oxygens (including phenoxy) is 3. The molecule has 0 amide bonds. The Bertz CT molecular complexity index is 416. The van der Waals surface area contributed by atoms with Crippen LogP contribution < -0.4 is 9.47 Å². The molecule has 0 fully saturated rings. The standard InChI is InChI=1S/C9H9NO6/c1-14-6-3-5(8(11)15-2)4-10-7(6)16-9(12)13/h3-4H,1-2H3,(H,12,13). The smallest absolute Gasteiger partial charge is 0.491 e. The third-order valence-electron chi connectivity index (χ3n) is 1.64. The van der Waals surface area contributed by atoms with Crippen LogP contribution in [0, 0.1) is 0 Å². The van der Waals surface area contributed by atoms with Crippen molar-refractivity contribution in [1.29, 1.82) is 0 Å². The molecule has 1 N–H and O–H groups in total. The molecule has 0 aliphatic rings. The minimum absolute atomic E-state index is 0.0327. The molecule has 1 aromatic rings. The number of methoxy groups -OCH3 is 2. The first kappa shape index (κ1) is 11.8. The van der Waals surface area contributed by atoms with Crippen molar-refractivity contribution in [2.24, 2.45) is 0 Å². The Labute approximate surface area is 90.6 Å². The van der Waals surface area contributed by atoms with Gasteiger partial charge in [-0.2, -0.15) is 0 Å². The molecule has 0 saturated carbocycles. The summed E-state index contributed by atoms with van der Waals surface area (Å²) >= 11 is 0. The van der Waals surface area contributed by atoms with Crippen LogP contribution in [-0.4, -0.2) is 36.4 Å². The molecule has 0 atom stereocenters. The lowest BCUT2D eigenvalue weighted by atomic mass is 10.3. The molecule has 0 aliphatic heterocycles. The summed E-state index contributed by atoms with van der Waals surface area (Å²) in [5, 5.41) is 8.40. The first-order valence-electron chi connectivity index (χ1n) is 4.11. The maximum Gasteiger partial charge on any atom is 0.512 e. The number of carboxylic acid groups (broad SMARTS) is 1. The molecule has 7 heteroatoms. The van der Waals surface area contributed by atoms with E-state index in [1.165, 1.54) is 20.3 Å². The lowest BCUT2D eigenvalue weighted by molar-refractivity contribution is 0.0600. The van der Waals surface area contributed by atoms with Crippen LogP contribution in [0.5, 0.6) is 11.6 Å². The Morgan fingerprint density at radius 3 is 2.56 bits per heavy atom. The van der Waals surface area contributed by atoms with E-state index in [1.54, 1.807) is 0 Å². The molecule has 7 nitrogen and oxygen atoms in total. The van der Waals surface area contributed by atoms with E-state index in [2.05, 4.69) is 14.5 Å². The lowest BCUT2D eigenvalue weighted by Crippen LogP contribution is -2.08. The zero-order chi connectivity index (χ0) is 12.1. The van der Waals surface area contributed by atoms with E-state index >= 15 is 0 Å². The summed E-state index contributed by atoms with van der Waals surface area (Å²) in [4.78, 5) is 25.1. The van der Waals surface area contributed by atoms with Crippen molar-refractivity contribution in [3.8, 4) is 11.6 Å². The van der Waals surface area contributed by atoms with E-state index in [9.17, 15) is 9.59 Å². The van der Waals surface area contributed by atoms with Crippen LogP contribution in [0.15, 0.2) is 12.3 Å². The van der Waals surface area contributed by atoms with E-state index in [4.69, 9.17) is 9.84 Å². The molecule has 0 aliphatic carbocycles. The molecule has 0 bridgehead atoms. The second kappa shape index (κ2) is 4.96. The summed E-state index contributed by atoms with van der Waals surface area (Å²) in [6.45, 7) is 0. The van der Waals surface area contributed by atoms with Crippen molar-refractivity contribution in [2.45, 2.75) is 0 Å². The van der Waals surface area contributed by atoms with Crippen LogP contribution in [0.3, 0.4) is 0 Å². The van der Waals surface area contributed by atoms with Gasteiger partial charge in [-0.15, -0.1) is 0 Å². The summed E-state index contributed by atoms with van der Waals surface area (Å²) in [6, 6.07) is 1.27. The lowest BCUT2D eigenvalue weighted by Gasteiger charge is -2.06. The Balaban J connectivity index is 3.06. The second-order valence-corrected chi connectivity index (χ2v) is 2.59. The fraction of sp³-hybridized carbons (Fsp3) is 0.222. The maximum absolute atomic E-state index is 11.1. The van der Waals surface area contributed by atoms with Crippen LogP contribution in [0.2, 0.25) is 0 Å². The van der Waals surface area contributed by atoms with Gasteiger partial charge in [0.25, 0.3) is 5.88 Å². The number of esters is 1. The van der Waals surface area contributed by atoms with Gasteiger partial charge in [0.1, 0.15) is 0 Å². The zero-order valence-corrected chi connectivity index (χ0v) is 8.59. The quantitative estimate of drug-likeness (QED) is 0.767.